The number of carbonyl (C=O) groups is 2. The van der Waals surface area contributed by atoms with Crippen molar-refractivity contribution >= 4 is 12.3 Å². The van der Waals surface area contributed by atoms with E-state index in [-0.39, 0.29) is 5.97 Å². The van der Waals surface area contributed by atoms with Gasteiger partial charge in [0.15, 0.2) is 6.29 Å². The van der Waals surface area contributed by atoms with Crippen LogP contribution in [0.25, 0.3) is 0 Å². The summed E-state index contributed by atoms with van der Waals surface area (Å²) in [5.41, 5.74) is 3.68. The van der Waals surface area contributed by atoms with Gasteiger partial charge in [0, 0.05) is 11.1 Å². The van der Waals surface area contributed by atoms with E-state index < -0.39 is 0 Å². The highest BCUT2D eigenvalue weighted by Crippen LogP contribution is 2.27. The highest BCUT2D eigenvalue weighted by molar-refractivity contribution is 5.98. The van der Waals surface area contributed by atoms with E-state index in [1.807, 2.05) is 13.0 Å². The second kappa shape index (κ2) is 2.94. The van der Waals surface area contributed by atoms with Gasteiger partial charge in [0.25, 0.3) is 0 Å². The summed E-state index contributed by atoms with van der Waals surface area (Å²) in [6, 6.07) is 1.84. The number of rotatable bonds is 1. The molecule has 3 nitrogen and oxygen atoms in total. The van der Waals surface area contributed by atoms with Crippen molar-refractivity contribution < 1.29 is 14.3 Å². The van der Waals surface area contributed by atoms with E-state index in [0.29, 0.717) is 17.7 Å². The average molecular weight is 190 g/mol. The number of aryl methyl sites for hydroxylation is 1. The average Bonchev–Trinajstić information content (AvgIpc) is 2.48. The molecule has 0 amide bonds. The first-order chi connectivity index (χ1) is 6.65. The summed E-state index contributed by atoms with van der Waals surface area (Å²) < 4.78 is 4.90. The smallest absolute Gasteiger partial charge is 0.339 e. The van der Waals surface area contributed by atoms with Crippen molar-refractivity contribution in [2.45, 2.75) is 20.5 Å². The third-order valence-electron chi connectivity index (χ3n) is 2.60. The molecule has 0 aromatic heterocycles. The Morgan fingerprint density at radius 3 is 2.79 bits per heavy atom. The minimum absolute atomic E-state index is 0.319. The molecule has 0 fully saturated rings. The van der Waals surface area contributed by atoms with Crippen LogP contribution in [0.5, 0.6) is 0 Å². The molecule has 0 N–H and O–H groups in total. The van der Waals surface area contributed by atoms with Crippen LogP contribution < -0.4 is 0 Å². The van der Waals surface area contributed by atoms with Crippen molar-refractivity contribution in [3.63, 3.8) is 0 Å². The Kier molecular flexibility index (Phi) is 1.88. The zero-order valence-corrected chi connectivity index (χ0v) is 8.09. The predicted octanol–water partition coefficient (Wildman–Crippen LogP) is 1.79. The van der Waals surface area contributed by atoms with Crippen LogP contribution in [-0.2, 0) is 11.3 Å². The molecular weight excluding hydrogens is 180 g/mol. The van der Waals surface area contributed by atoms with Gasteiger partial charge in [0.05, 0.1) is 5.56 Å². The molecule has 0 saturated heterocycles. The number of hydrogen-bond donors (Lipinski definition) is 0. The van der Waals surface area contributed by atoms with Gasteiger partial charge in [-0.15, -0.1) is 0 Å². The molecule has 0 saturated carbocycles. The Bertz CT molecular complexity index is 433. The predicted molar refractivity (Wildman–Crippen MR) is 50.4 cm³/mol. The summed E-state index contributed by atoms with van der Waals surface area (Å²) in [7, 11) is 0. The van der Waals surface area contributed by atoms with E-state index in [1.165, 1.54) is 0 Å². The second-order valence-corrected chi connectivity index (χ2v) is 3.46. The number of benzene rings is 1. The van der Waals surface area contributed by atoms with Gasteiger partial charge in [0.2, 0.25) is 0 Å². The SMILES string of the molecule is Cc1cc2c(c(C)c1C=O)C(=O)OC2. The number of fused-ring (bicyclic) bond motifs is 1. The molecule has 1 heterocycles. The van der Waals surface area contributed by atoms with Gasteiger partial charge in [-0.1, -0.05) is 6.07 Å². The van der Waals surface area contributed by atoms with Crippen molar-refractivity contribution in [3.8, 4) is 0 Å². The maximum absolute atomic E-state index is 11.3. The second-order valence-electron chi connectivity index (χ2n) is 3.46. The van der Waals surface area contributed by atoms with E-state index in [4.69, 9.17) is 4.74 Å². The summed E-state index contributed by atoms with van der Waals surface area (Å²) >= 11 is 0. The van der Waals surface area contributed by atoms with Gasteiger partial charge >= 0.3 is 5.97 Å². The van der Waals surface area contributed by atoms with Crippen LogP contribution in [0.1, 0.15) is 37.4 Å². The van der Waals surface area contributed by atoms with Crippen LogP contribution in [0.15, 0.2) is 6.07 Å². The lowest BCUT2D eigenvalue weighted by molar-refractivity contribution is 0.0534. The molecule has 3 heteroatoms. The molecule has 0 bridgehead atoms. The van der Waals surface area contributed by atoms with Crippen molar-refractivity contribution in [1.82, 2.24) is 0 Å². The molecule has 0 spiro atoms. The third kappa shape index (κ3) is 1.05. The maximum Gasteiger partial charge on any atom is 0.339 e. The van der Waals surface area contributed by atoms with E-state index >= 15 is 0 Å². The molecule has 2 rings (SSSR count). The Hall–Kier alpha value is -1.64. The highest BCUT2D eigenvalue weighted by atomic mass is 16.5. The normalized spacial score (nSPS) is 13.7. The van der Waals surface area contributed by atoms with Crippen LogP contribution in [0.2, 0.25) is 0 Å². The Morgan fingerprint density at radius 2 is 2.14 bits per heavy atom. The summed E-state index contributed by atoms with van der Waals surface area (Å²) in [4.78, 5) is 22.1. The van der Waals surface area contributed by atoms with Gasteiger partial charge < -0.3 is 4.74 Å². The lowest BCUT2D eigenvalue weighted by atomic mass is 9.95. The number of hydrogen-bond acceptors (Lipinski definition) is 3. The first-order valence-corrected chi connectivity index (χ1v) is 4.40. The zero-order chi connectivity index (χ0) is 10.3. The molecule has 1 aliphatic heterocycles. The number of cyclic esters (lactones) is 1. The van der Waals surface area contributed by atoms with Gasteiger partial charge in [-0.05, 0) is 25.0 Å². The Morgan fingerprint density at radius 1 is 1.43 bits per heavy atom. The standard InChI is InChI=1S/C11H10O3/c1-6-3-8-5-14-11(13)10(8)7(2)9(6)4-12/h3-4H,5H2,1-2H3. The summed E-state index contributed by atoms with van der Waals surface area (Å²) in [6.07, 6.45) is 0.788. The molecule has 1 aromatic rings. The fourth-order valence-corrected chi connectivity index (χ4v) is 1.88. The third-order valence-corrected chi connectivity index (χ3v) is 2.60. The number of esters is 1. The topological polar surface area (TPSA) is 43.4 Å². The summed E-state index contributed by atoms with van der Waals surface area (Å²) in [5.74, 6) is -0.319. The lowest BCUT2D eigenvalue weighted by Gasteiger charge is -2.06. The molecule has 72 valence electrons. The van der Waals surface area contributed by atoms with E-state index in [2.05, 4.69) is 0 Å². The van der Waals surface area contributed by atoms with Gasteiger partial charge in [0.1, 0.15) is 6.61 Å². The van der Waals surface area contributed by atoms with Crippen molar-refractivity contribution in [2.24, 2.45) is 0 Å². The van der Waals surface area contributed by atoms with Crippen LogP contribution in [0.4, 0.5) is 0 Å². The number of ether oxygens (including phenoxy) is 1. The van der Waals surface area contributed by atoms with Crippen molar-refractivity contribution in [1.29, 1.82) is 0 Å². The molecule has 0 radical (unpaired) electrons. The molecule has 1 aliphatic rings. The molecular formula is C11H10O3. The van der Waals surface area contributed by atoms with E-state index in [0.717, 1.165) is 23.0 Å². The highest BCUT2D eigenvalue weighted by Gasteiger charge is 2.25. The van der Waals surface area contributed by atoms with Crippen LogP contribution in [0.3, 0.4) is 0 Å². The monoisotopic (exact) mass is 190 g/mol. The minimum Gasteiger partial charge on any atom is -0.457 e. The molecule has 0 unspecified atom stereocenters. The van der Waals surface area contributed by atoms with E-state index in [9.17, 15) is 9.59 Å². The molecule has 1 aromatic carbocycles. The number of aldehydes is 1. The van der Waals surface area contributed by atoms with Gasteiger partial charge in [-0.3, -0.25) is 4.79 Å². The van der Waals surface area contributed by atoms with Crippen LogP contribution >= 0.6 is 0 Å². The van der Waals surface area contributed by atoms with Crippen LogP contribution in [-0.4, -0.2) is 12.3 Å². The van der Waals surface area contributed by atoms with Crippen molar-refractivity contribution in [2.75, 3.05) is 0 Å². The quantitative estimate of drug-likeness (QED) is 0.501. The molecule has 0 atom stereocenters. The molecule has 0 aliphatic carbocycles. The van der Waals surface area contributed by atoms with Gasteiger partial charge in [-0.2, -0.15) is 0 Å². The van der Waals surface area contributed by atoms with Gasteiger partial charge in [-0.25, -0.2) is 4.79 Å². The largest absolute Gasteiger partial charge is 0.457 e. The fraction of sp³-hybridized carbons (Fsp3) is 0.273. The lowest BCUT2D eigenvalue weighted by Crippen LogP contribution is -2.02. The van der Waals surface area contributed by atoms with Crippen LogP contribution in [0, 0.1) is 13.8 Å². The molecule has 14 heavy (non-hydrogen) atoms. The first kappa shape index (κ1) is 8.94. The fourth-order valence-electron chi connectivity index (χ4n) is 1.88. The Labute approximate surface area is 81.7 Å². The zero-order valence-electron chi connectivity index (χ0n) is 8.09. The summed E-state index contributed by atoms with van der Waals surface area (Å²) in [5, 5.41) is 0. The first-order valence-electron chi connectivity index (χ1n) is 4.40. The minimum atomic E-state index is -0.319. The van der Waals surface area contributed by atoms with E-state index in [1.54, 1.807) is 6.92 Å². The maximum atomic E-state index is 11.3. The summed E-state index contributed by atoms with van der Waals surface area (Å²) in [6.45, 7) is 3.97. The van der Waals surface area contributed by atoms with Crippen molar-refractivity contribution in [3.05, 3.63) is 33.9 Å². The number of carbonyl (C=O) groups excluding carboxylic acids is 2. The Balaban J connectivity index is 2.76.